The van der Waals surface area contributed by atoms with Gasteiger partial charge in [-0.1, -0.05) is 11.6 Å². The standard InChI is InChI=1S/C12H11ClN2O3S2/c13-12-10(2-1-6-14-12)20(17,18)15-11(16)4-3-9-5-7-19-8-9/h1-2,5-8H,3-4H2,(H,15,16). The predicted octanol–water partition coefficient (Wildman–Crippen LogP) is 2.23. The Morgan fingerprint density at radius 2 is 2.20 bits per heavy atom. The molecule has 5 nitrogen and oxygen atoms in total. The fourth-order valence-electron chi connectivity index (χ4n) is 1.52. The Morgan fingerprint density at radius 1 is 1.40 bits per heavy atom. The third-order valence-electron chi connectivity index (χ3n) is 2.48. The number of nitrogens with zero attached hydrogens (tertiary/aromatic N) is 1. The number of aromatic nitrogens is 1. The van der Waals surface area contributed by atoms with Crippen LogP contribution < -0.4 is 4.72 Å². The molecule has 0 bridgehead atoms. The quantitative estimate of drug-likeness (QED) is 0.853. The van der Waals surface area contributed by atoms with Gasteiger partial charge in [0, 0.05) is 12.6 Å². The molecule has 8 heteroatoms. The summed E-state index contributed by atoms with van der Waals surface area (Å²) in [6.07, 6.45) is 1.96. The Bertz CT molecular complexity index is 699. The van der Waals surface area contributed by atoms with Gasteiger partial charge in [0.1, 0.15) is 10.0 Å². The Hall–Kier alpha value is -1.44. The van der Waals surface area contributed by atoms with E-state index < -0.39 is 15.9 Å². The van der Waals surface area contributed by atoms with Crippen molar-refractivity contribution < 1.29 is 13.2 Å². The first-order valence-corrected chi connectivity index (χ1v) is 8.46. The van der Waals surface area contributed by atoms with E-state index in [0.29, 0.717) is 6.42 Å². The first-order chi connectivity index (χ1) is 9.49. The van der Waals surface area contributed by atoms with Crippen LogP contribution in [-0.2, 0) is 21.2 Å². The summed E-state index contributed by atoms with van der Waals surface area (Å²) in [4.78, 5) is 15.2. The van der Waals surface area contributed by atoms with Crippen LogP contribution in [0.1, 0.15) is 12.0 Å². The zero-order chi connectivity index (χ0) is 14.6. The van der Waals surface area contributed by atoms with E-state index in [1.807, 2.05) is 21.5 Å². The second-order valence-corrected chi connectivity index (χ2v) is 6.74. The Balaban J connectivity index is 2.01. The number of halogens is 1. The molecule has 0 aromatic carbocycles. The molecule has 0 aliphatic rings. The molecule has 0 fully saturated rings. The summed E-state index contributed by atoms with van der Waals surface area (Å²) in [5.41, 5.74) is 1.00. The maximum absolute atomic E-state index is 12.0. The van der Waals surface area contributed by atoms with E-state index in [0.717, 1.165) is 5.56 Å². The lowest BCUT2D eigenvalue weighted by Gasteiger charge is -2.07. The maximum Gasteiger partial charge on any atom is 0.267 e. The number of carbonyl (C=O) groups excluding carboxylic acids is 1. The zero-order valence-electron chi connectivity index (χ0n) is 10.2. The third-order valence-corrected chi connectivity index (χ3v) is 5.03. The molecule has 0 aliphatic heterocycles. The number of nitrogens with one attached hydrogen (secondary N) is 1. The number of hydrogen-bond donors (Lipinski definition) is 1. The zero-order valence-corrected chi connectivity index (χ0v) is 12.6. The fourth-order valence-corrected chi connectivity index (χ4v) is 3.69. The minimum absolute atomic E-state index is 0.0911. The highest BCUT2D eigenvalue weighted by Crippen LogP contribution is 2.17. The molecule has 20 heavy (non-hydrogen) atoms. The van der Waals surface area contributed by atoms with Gasteiger partial charge in [0.2, 0.25) is 5.91 Å². The number of aryl methyl sites for hydroxylation is 1. The van der Waals surface area contributed by atoms with Crippen molar-refractivity contribution >= 4 is 38.9 Å². The monoisotopic (exact) mass is 330 g/mol. The van der Waals surface area contributed by atoms with Gasteiger partial charge in [0.25, 0.3) is 10.0 Å². The van der Waals surface area contributed by atoms with E-state index in [1.54, 1.807) is 0 Å². The van der Waals surface area contributed by atoms with Gasteiger partial charge in [-0.2, -0.15) is 11.3 Å². The SMILES string of the molecule is O=C(CCc1ccsc1)NS(=O)(=O)c1cccnc1Cl. The van der Waals surface area contributed by atoms with E-state index >= 15 is 0 Å². The maximum atomic E-state index is 12.0. The largest absolute Gasteiger partial charge is 0.274 e. The lowest BCUT2D eigenvalue weighted by Crippen LogP contribution is -2.31. The molecule has 0 saturated heterocycles. The number of amides is 1. The summed E-state index contributed by atoms with van der Waals surface area (Å²) >= 11 is 7.24. The summed E-state index contributed by atoms with van der Waals surface area (Å²) < 4.78 is 25.9. The van der Waals surface area contributed by atoms with Gasteiger partial charge in [0.05, 0.1) is 0 Å². The van der Waals surface area contributed by atoms with Crippen molar-refractivity contribution in [1.29, 1.82) is 0 Å². The van der Waals surface area contributed by atoms with Crippen LogP contribution in [-0.4, -0.2) is 19.3 Å². The molecular formula is C12H11ClN2O3S2. The van der Waals surface area contributed by atoms with E-state index in [4.69, 9.17) is 11.6 Å². The highest BCUT2D eigenvalue weighted by atomic mass is 35.5. The lowest BCUT2D eigenvalue weighted by atomic mass is 10.2. The van der Waals surface area contributed by atoms with Gasteiger partial charge in [-0.3, -0.25) is 4.79 Å². The molecule has 2 heterocycles. The average molecular weight is 331 g/mol. The van der Waals surface area contributed by atoms with Crippen LogP contribution in [0.2, 0.25) is 5.15 Å². The number of thiophene rings is 1. The molecule has 0 saturated carbocycles. The van der Waals surface area contributed by atoms with Crippen molar-refractivity contribution in [2.75, 3.05) is 0 Å². The highest BCUT2D eigenvalue weighted by molar-refractivity contribution is 7.90. The van der Waals surface area contributed by atoms with Gasteiger partial charge >= 0.3 is 0 Å². The molecule has 0 atom stereocenters. The Morgan fingerprint density at radius 3 is 2.85 bits per heavy atom. The molecule has 2 aromatic heterocycles. The first-order valence-electron chi connectivity index (χ1n) is 5.66. The molecular weight excluding hydrogens is 320 g/mol. The summed E-state index contributed by atoms with van der Waals surface area (Å²) in [7, 11) is -3.97. The van der Waals surface area contributed by atoms with Crippen LogP contribution in [0.4, 0.5) is 0 Å². The fraction of sp³-hybridized carbons (Fsp3) is 0.167. The van der Waals surface area contributed by atoms with E-state index in [9.17, 15) is 13.2 Å². The Labute approximate surface area is 125 Å². The minimum Gasteiger partial charge on any atom is -0.274 e. The predicted molar refractivity (Wildman–Crippen MR) is 77.2 cm³/mol. The van der Waals surface area contributed by atoms with Crippen LogP contribution in [0, 0.1) is 0 Å². The van der Waals surface area contributed by atoms with E-state index in [1.165, 1.54) is 29.7 Å². The topological polar surface area (TPSA) is 76.1 Å². The smallest absolute Gasteiger partial charge is 0.267 e. The third kappa shape index (κ3) is 3.78. The first kappa shape index (κ1) is 15.0. The van der Waals surface area contributed by atoms with Crippen LogP contribution >= 0.6 is 22.9 Å². The van der Waals surface area contributed by atoms with Crippen molar-refractivity contribution in [3.8, 4) is 0 Å². The Kier molecular flexibility index (Phi) is 4.74. The summed E-state index contributed by atoms with van der Waals surface area (Å²) in [6, 6.07) is 4.63. The van der Waals surface area contributed by atoms with Gasteiger partial charge in [-0.15, -0.1) is 0 Å². The molecule has 0 unspecified atom stereocenters. The van der Waals surface area contributed by atoms with Crippen molar-refractivity contribution in [2.24, 2.45) is 0 Å². The van der Waals surface area contributed by atoms with Crippen LogP contribution in [0.5, 0.6) is 0 Å². The van der Waals surface area contributed by atoms with Crippen LogP contribution in [0.3, 0.4) is 0 Å². The van der Waals surface area contributed by atoms with Crippen LogP contribution in [0.25, 0.3) is 0 Å². The minimum atomic E-state index is -3.97. The normalized spacial score (nSPS) is 11.2. The number of sulfonamides is 1. The average Bonchev–Trinajstić information content (AvgIpc) is 2.89. The van der Waals surface area contributed by atoms with Gasteiger partial charge < -0.3 is 0 Å². The van der Waals surface area contributed by atoms with Gasteiger partial charge in [0.15, 0.2) is 0 Å². The molecule has 0 aliphatic carbocycles. The molecule has 2 rings (SSSR count). The van der Waals surface area contributed by atoms with Crippen molar-refractivity contribution in [3.63, 3.8) is 0 Å². The van der Waals surface area contributed by atoms with E-state index in [-0.39, 0.29) is 16.5 Å². The number of hydrogen-bond acceptors (Lipinski definition) is 5. The summed E-state index contributed by atoms with van der Waals surface area (Å²) in [6.45, 7) is 0. The number of rotatable bonds is 5. The lowest BCUT2D eigenvalue weighted by molar-refractivity contribution is -0.119. The second-order valence-electron chi connectivity index (χ2n) is 3.95. The van der Waals surface area contributed by atoms with Crippen molar-refractivity contribution in [1.82, 2.24) is 9.71 Å². The number of carbonyl (C=O) groups is 1. The van der Waals surface area contributed by atoms with Crippen molar-refractivity contribution in [2.45, 2.75) is 17.7 Å². The molecule has 2 aromatic rings. The summed E-state index contributed by atoms with van der Waals surface area (Å²) in [5, 5.41) is 3.66. The van der Waals surface area contributed by atoms with Gasteiger partial charge in [-0.05, 0) is 40.9 Å². The molecule has 1 amide bonds. The summed E-state index contributed by atoms with van der Waals surface area (Å²) in [5.74, 6) is -0.573. The second kappa shape index (κ2) is 6.34. The van der Waals surface area contributed by atoms with Gasteiger partial charge in [-0.25, -0.2) is 18.1 Å². The van der Waals surface area contributed by atoms with Crippen LogP contribution in [0.15, 0.2) is 40.1 Å². The van der Waals surface area contributed by atoms with E-state index in [2.05, 4.69) is 4.98 Å². The molecule has 0 radical (unpaired) electrons. The molecule has 0 spiro atoms. The molecule has 1 N–H and O–H groups in total. The number of pyridine rings is 1. The molecule has 106 valence electrons. The van der Waals surface area contributed by atoms with Crippen molar-refractivity contribution in [3.05, 3.63) is 45.9 Å². The highest BCUT2D eigenvalue weighted by Gasteiger charge is 2.20.